The quantitative estimate of drug-likeness (QED) is 0.766. The number of pyridine rings is 1. The molecule has 2 amide bonds. The highest BCUT2D eigenvalue weighted by atomic mass is 32.2. The van der Waals surface area contributed by atoms with Crippen LogP contribution < -0.4 is 16.0 Å². The molecule has 1 saturated heterocycles. The number of nitrogens with one attached hydrogen (secondary N) is 1. The number of aromatic nitrogens is 1. The summed E-state index contributed by atoms with van der Waals surface area (Å²) in [6.07, 6.45) is 4.29. The summed E-state index contributed by atoms with van der Waals surface area (Å²) in [5, 5.41) is 2.75. The van der Waals surface area contributed by atoms with Crippen LogP contribution in [0.25, 0.3) is 0 Å². The number of nitrogens with two attached hydrogens (primary N) is 1. The van der Waals surface area contributed by atoms with Gasteiger partial charge in [-0.15, -0.1) is 0 Å². The molecule has 1 aliphatic heterocycles. The van der Waals surface area contributed by atoms with Crippen LogP contribution in [0.1, 0.15) is 28.8 Å². The van der Waals surface area contributed by atoms with Crippen molar-refractivity contribution >= 4 is 33.2 Å². The molecule has 0 radical (unpaired) electrons. The van der Waals surface area contributed by atoms with Crippen molar-refractivity contribution in [3.63, 3.8) is 0 Å². The number of sulfone groups is 1. The number of carbonyl (C=O) groups excluding carboxylic acids is 2. The Kier molecular flexibility index (Phi) is 5.88. The summed E-state index contributed by atoms with van der Waals surface area (Å²) >= 11 is 0. The lowest BCUT2D eigenvalue weighted by Gasteiger charge is -2.32. The van der Waals surface area contributed by atoms with Gasteiger partial charge in [0.05, 0.1) is 22.7 Å². The third-order valence-corrected chi connectivity index (χ3v) is 6.15. The van der Waals surface area contributed by atoms with Gasteiger partial charge in [0.2, 0.25) is 5.91 Å². The molecule has 3 rings (SSSR count). The minimum atomic E-state index is -3.41. The number of hydrogen-bond donors (Lipinski definition) is 2. The zero-order valence-corrected chi connectivity index (χ0v) is 17.2. The van der Waals surface area contributed by atoms with Gasteiger partial charge in [0.15, 0.2) is 9.84 Å². The van der Waals surface area contributed by atoms with Gasteiger partial charge in [-0.25, -0.2) is 13.4 Å². The number of hydrogen-bond acceptors (Lipinski definition) is 6. The highest BCUT2D eigenvalue weighted by molar-refractivity contribution is 7.90. The van der Waals surface area contributed by atoms with E-state index in [-0.39, 0.29) is 22.3 Å². The Morgan fingerprint density at radius 1 is 1.24 bits per heavy atom. The number of anilines is 2. The molecule has 0 bridgehead atoms. The molecule has 2 heterocycles. The van der Waals surface area contributed by atoms with Crippen LogP contribution >= 0.6 is 0 Å². The maximum atomic E-state index is 12.6. The first-order valence-corrected chi connectivity index (χ1v) is 11.2. The standard InChI is InChI=1S/C20H24N4O4S/c1-13-5-7-16(29(2,27)28)10-17(13)20(26)23-15-6-8-18(22-11-15)24-9-3-4-14(12-24)19(21)25/h5-8,10-11,14H,3-4,9,12H2,1-2H3,(H2,21,25)(H,23,26). The molecule has 1 unspecified atom stereocenters. The summed E-state index contributed by atoms with van der Waals surface area (Å²) in [6.45, 7) is 3.07. The van der Waals surface area contributed by atoms with Gasteiger partial charge in [-0.1, -0.05) is 6.07 Å². The number of piperidine rings is 1. The van der Waals surface area contributed by atoms with E-state index in [1.807, 2.05) is 4.90 Å². The Labute approximate surface area is 170 Å². The predicted octanol–water partition coefficient (Wildman–Crippen LogP) is 1.75. The second-order valence-corrected chi connectivity index (χ2v) is 9.31. The van der Waals surface area contributed by atoms with Crippen LogP contribution in [0.2, 0.25) is 0 Å². The molecule has 0 spiro atoms. The van der Waals surface area contributed by atoms with Crippen LogP contribution in [-0.2, 0) is 14.6 Å². The van der Waals surface area contributed by atoms with Crippen LogP contribution in [-0.4, -0.2) is 44.6 Å². The molecule has 2 aromatic rings. The van der Waals surface area contributed by atoms with Crippen LogP contribution in [0.3, 0.4) is 0 Å². The second-order valence-electron chi connectivity index (χ2n) is 7.30. The first-order valence-electron chi connectivity index (χ1n) is 9.27. The Morgan fingerprint density at radius 3 is 2.62 bits per heavy atom. The SMILES string of the molecule is Cc1ccc(S(C)(=O)=O)cc1C(=O)Nc1ccc(N2CCCC(C(N)=O)C2)nc1. The van der Waals surface area contributed by atoms with E-state index in [0.29, 0.717) is 23.6 Å². The lowest BCUT2D eigenvalue weighted by atomic mass is 9.97. The van der Waals surface area contributed by atoms with Gasteiger partial charge in [0.25, 0.3) is 5.91 Å². The lowest BCUT2D eigenvalue weighted by molar-refractivity contribution is -0.122. The number of nitrogens with zero attached hydrogens (tertiary/aromatic N) is 2. The van der Waals surface area contributed by atoms with E-state index in [1.54, 1.807) is 25.1 Å². The Balaban J connectivity index is 1.73. The molecular weight excluding hydrogens is 392 g/mol. The zero-order valence-electron chi connectivity index (χ0n) is 16.4. The van der Waals surface area contributed by atoms with E-state index in [4.69, 9.17) is 5.73 Å². The first kappa shape index (κ1) is 20.8. The predicted molar refractivity (Wildman–Crippen MR) is 111 cm³/mol. The zero-order chi connectivity index (χ0) is 21.2. The van der Waals surface area contributed by atoms with Crippen LogP contribution in [0.4, 0.5) is 11.5 Å². The smallest absolute Gasteiger partial charge is 0.256 e. The topological polar surface area (TPSA) is 122 Å². The summed E-state index contributed by atoms with van der Waals surface area (Å²) in [6, 6.07) is 7.97. The fourth-order valence-corrected chi connectivity index (χ4v) is 3.99. The maximum Gasteiger partial charge on any atom is 0.256 e. The summed E-state index contributed by atoms with van der Waals surface area (Å²) in [5.41, 5.74) is 6.87. The number of primary amides is 1. The summed E-state index contributed by atoms with van der Waals surface area (Å²) in [4.78, 5) is 30.6. The molecule has 3 N–H and O–H groups in total. The van der Waals surface area contributed by atoms with Crippen molar-refractivity contribution in [2.75, 3.05) is 29.6 Å². The Bertz CT molecular complexity index is 1030. The van der Waals surface area contributed by atoms with Crippen molar-refractivity contribution in [3.8, 4) is 0 Å². The van der Waals surface area contributed by atoms with Crippen molar-refractivity contribution < 1.29 is 18.0 Å². The van der Waals surface area contributed by atoms with Crippen LogP contribution in [0, 0.1) is 12.8 Å². The summed E-state index contributed by atoms with van der Waals surface area (Å²) in [7, 11) is -3.41. The molecule has 29 heavy (non-hydrogen) atoms. The molecule has 1 fully saturated rings. The van der Waals surface area contributed by atoms with Gasteiger partial charge >= 0.3 is 0 Å². The molecule has 154 valence electrons. The molecule has 0 saturated carbocycles. The maximum absolute atomic E-state index is 12.6. The summed E-state index contributed by atoms with van der Waals surface area (Å²) in [5.74, 6) is -0.182. The third kappa shape index (κ3) is 4.92. The van der Waals surface area contributed by atoms with Crippen LogP contribution in [0.15, 0.2) is 41.4 Å². The van der Waals surface area contributed by atoms with Gasteiger partial charge in [0, 0.05) is 24.9 Å². The highest BCUT2D eigenvalue weighted by Crippen LogP contribution is 2.23. The third-order valence-electron chi connectivity index (χ3n) is 5.04. The largest absolute Gasteiger partial charge is 0.369 e. The van der Waals surface area contributed by atoms with Crippen molar-refractivity contribution in [3.05, 3.63) is 47.7 Å². The van der Waals surface area contributed by atoms with E-state index in [2.05, 4.69) is 10.3 Å². The van der Waals surface area contributed by atoms with Gasteiger partial charge in [0.1, 0.15) is 5.82 Å². The molecule has 1 atom stereocenters. The molecular formula is C20H24N4O4S. The lowest BCUT2D eigenvalue weighted by Crippen LogP contribution is -2.41. The average Bonchev–Trinajstić information content (AvgIpc) is 2.68. The first-order chi connectivity index (χ1) is 13.6. The fourth-order valence-electron chi connectivity index (χ4n) is 3.34. The van der Waals surface area contributed by atoms with Crippen molar-refractivity contribution in [2.45, 2.75) is 24.7 Å². The van der Waals surface area contributed by atoms with E-state index in [9.17, 15) is 18.0 Å². The van der Waals surface area contributed by atoms with Crippen LogP contribution in [0.5, 0.6) is 0 Å². The average molecular weight is 417 g/mol. The van der Waals surface area contributed by atoms with E-state index < -0.39 is 15.7 Å². The summed E-state index contributed by atoms with van der Waals surface area (Å²) < 4.78 is 23.5. The van der Waals surface area contributed by atoms with E-state index >= 15 is 0 Å². The minimum absolute atomic E-state index is 0.0934. The Morgan fingerprint density at radius 2 is 2.00 bits per heavy atom. The van der Waals surface area contributed by atoms with Gasteiger partial charge in [-0.05, 0) is 49.6 Å². The van der Waals surface area contributed by atoms with E-state index in [0.717, 1.165) is 25.6 Å². The van der Waals surface area contributed by atoms with Crippen molar-refractivity contribution in [1.82, 2.24) is 4.98 Å². The molecule has 9 heteroatoms. The molecule has 8 nitrogen and oxygen atoms in total. The fraction of sp³-hybridized carbons (Fsp3) is 0.350. The highest BCUT2D eigenvalue weighted by Gasteiger charge is 2.24. The van der Waals surface area contributed by atoms with Gasteiger partial charge in [-0.2, -0.15) is 0 Å². The molecule has 1 aliphatic rings. The monoisotopic (exact) mass is 416 g/mol. The van der Waals surface area contributed by atoms with Gasteiger partial charge in [-0.3, -0.25) is 9.59 Å². The number of amides is 2. The number of rotatable bonds is 5. The van der Waals surface area contributed by atoms with Gasteiger partial charge < -0.3 is 16.0 Å². The Hall–Kier alpha value is -2.94. The number of benzene rings is 1. The number of carbonyl (C=O) groups is 2. The number of aryl methyl sites for hydroxylation is 1. The molecule has 1 aromatic carbocycles. The molecule has 1 aromatic heterocycles. The normalized spacial score (nSPS) is 17.0. The molecule has 0 aliphatic carbocycles. The van der Waals surface area contributed by atoms with Crippen molar-refractivity contribution in [2.24, 2.45) is 11.7 Å². The van der Waals surface area contributed by atoms with E-state index in [1.165, 1.54) is 18.3 Å². The second kappa shape index (κ2) is 8.20. The van der Waals surface area contributed by atoms with Crippen molar-refractivity contribution in [1.29, 1.82) is 0 Å². The minimum Gasteiger partial charge on any atom is -0.369 e.